The van der Waals surface area contributed by atoms with Crippen LogP contribution in [0.3, 0.4) is 0 Å². The smallest absolute Gasteiger partial charge is 0.416 e. The summed E-state index contributed by atoms with van der Waals surface area (Å²) in [5.41, 5.74) is -0.479. The van der Waals surface area contributed by atoms with Crippen LogP contribution in [-0.2, 0) is 10.9 Å². The Morgan fingerprint density at radius 1 is 0.892 bits per heavy atom. The summed E-state index contributed by atoms with van der Waals surface area (Å²) in [4.78, 5) is 25.0. The van der Waals surface area contributed by atoms with Crippen molar-refractivity contribution in [3.8, 4) is 22.9 Å². The Balaban J connectivity index is 1.83. The number of esters is 1. The molecule has 1 aromatic heterocycles. The lowest BCUT2D eigenvalue weighted by atomic mass is 10.1. The van der Waals surface area contributed by atoms with Gasteiger partial charge in [0.05, 0.1) is 24.3 Å². The Labute approximate surface area is 209 Å². The van der Waals surface area contributed by atoms with Crippen molar-refractivity contribution >= 4 is 22.8 Å². The number of carboxylic acids is 1. The number of alkyl halides is 3. The minimum Gasteiger partial charge on any atom is -0.491 e. The molecule has 0 spiro atoms. The van der Waals surface area contributed by atoms with Gasteiger partial charge in [-0.15, -0.1) is 0 Å². The van der Waals surface area contributed by atoms with Gasteiger partial charge in [0.2, 0.25) is 0 Å². The molecule has 3 aromatic carbocycles. The number of fused-ring (bicyclic) bond motifs is 1. The number of carboxylic acid groups (broad SMARTS) is 1. The van der Waals surface area contributed by atoms with Crippen molar-refractivity contribution in [1.82, 2.24) is 4.57 Å². The van der Waals surface area contributed by atoms with Gasteiger partial charge in [0, 0.05) is 11.1 Å². The zero-order valence-electron chi connectivity index (χ0n) is 20.0. The van der Waals surface area contributed by atoms with Crippen molar-refractivity contribution in [2.24, 2.45) is 0 Å². The quantitative estimate of drug-likeness (QED) is 0.276. The third kappa shape index (κ3) is 5.23. The summed E-state index contributed by atoms with van der Waals surface area (Å²) in [6.07, 6.45) is -4.54. The number of halogens is 3. The average Bonchev–Trinajstić information content (AvgIpc) is 3.18. The van der Waals surface area contributed by atoms with Gasteiger partial charge in [0.15, 0.2) is 0 Å². The fourth-order valence-electron chi connectivity index (χ4n) is 3.91. The highest BCUT2D eigenvalue weighted by Gasteiger charge is 2.31. The van der Waals surface area contributed by atoms with Crippen molar-refractivity contribution in [3.63, 3.8) is 0 Å². The molecule has 0 aliphatic carbocycles. The number of aromatic nitrogens is 1. The lowest BCUT2D eigenvalue weighted by Gasteiger charge is -2.13. The van der Waals surface area contributed by atoms with Crippen molar-refractivity contribution in [2.75, 3.05) is 7.11 Å². The minimum absolute atomic E-state index is 0.0538. The molecular weight excluding hydrogens is 491 g/mol. The van der Waals surface area contributed by atoms with Crippen molar-refractivity contribution in [1.29, 1.82) is 0 Å². The molecule has 0 aliphatic heterocycles. The highest BCUT2D eigenvalue weighted by Crippen LogP contribution is 2.36. The largest absolute Gasteiger partial charge is 0.491 e. The molecule has 7 nitrogen and oxygen atoms in total. The SMILES string of the molecule is COC(=O)c1c(C(=O)O)n(-c2ccc(OC(C)C)cc2)c2ccc(Oc3ccc(C(F)(F)F)cc3)cc12. The Hall–Kier alpha value is -4.47. The number of hydrogen-bond donors (Lipinski definition) is 1. The molecule has 0 amide bonds. The van der Waals surface area contributed by atoms with Gasteiger partial charge in [-0.05, 0) is 80.6 Å². The summed E-state index contributed by atoms with van der Waals surface area (Å²) < 4.78 is 56.2. The third-order valence-corrected chi connectivity index (χ3v) is 5.41. The summed E-state index contributed by atoms with van der Waals surface area (Å²) in [6, 6.07) is 15.3. The number of ether oxygens (including phenoxy) is 3. The van der Waals surface area contributed by atoms with E-state index in [0.717, 1.165) is 19.2 Å². The van der Waals surface area contributed by atoms with E-state index >= 15 is 0 Å². The molecule has 0 saturated carbocycles. The van der Waals surface area contributed by atoms with Crippen LogP contribution in [0.5, 0.6) is 17.2 Å². The van der Waals surface area contributed by atoms with Crippen LogP contribution in [0.25, 0.3) is 16.6 Å². The van der Waals surface area contributed by atoms with E-state index in [1.54, 1.807) is 30.3 Å². The van der Waals surface area contributed by atoms with E-state index in [-0.39, 0.29) is 34.2 Å². The van der Waals surface area contributed by atoms with Gasteiger partial charge >= 0.3 is 18.1 Å². The number of aromatic carboxylic acids is 1. The molecule has 0 unspecified atom stereocenters. The second kappa shape index (κ2) is 9.88. The highest BCUT2D eigenvalue weighted by atomic mass is 19.4. The maximum Gasteiger partial charge on any atom is 0.416 e. The van der Waals surface area contributed by atoms with E-state index in [1.165, 1.54) is 28.8 Å². The molecule has 10 heteroatoms. The predicted molar refractivity (Wildman–Crippen MR) is 129 cm³/mol. The molecule has 0 radical (unpaired) electrons. The van der Waals surface area contributed by atoms with Gasteiger partial charge in [-0.1, -0.05) is 0 Å². The van der Waals surface area contributed by atoms with Crippen LogP contribution in [0, 0.1) is 0 Å². The monoisotopic (exact) mass is 513 g/mol. The lowest BCUT2D eigenvalue weighted by Crippen LogP contribution is -2.13. The third-order valence-electron chi connectivity index (χ3n) is 5.41. The molecule has 192 valence electrons. The Morgan fingerprint density at radius 2 is 1.49 bits per heavy atom. The van der Waals surface area contributed by atoms with Gasteiger partial charge < -0.3 is 23.9 Å². The number of nitrogens with zero attached hydrogens (tertiary/aromatic N) is 1. The Kier molecular flexibility index (Phi) is 6.84. The van der Waals surface area contributed by atoms with Gasteiger partial charge in [0.25, 0.3) is 0 Å². The molecule has 1 heterocycles. The van der Waals surface area contributed by atoms with E-state index in [9.17, 15) is 27.9 Å². The second-order valence-electron chi connectivity index (χ2n) is 8.32. The summed E-state index contributed by atoms with van der Waals surface area (Å²) in [5.74, 6) is -1.32. The van der Waals surface area contributed by atoms with Crippen LogP contribution in [-0.4, -0.2) is 34.8 Å². The van der Waals surface area contributed by atoms with Crippen LogP contribution in [0.1, 0.15) is 40.3 Å². The number of methoxy groups -OCH3 is 1. The first kappa shape index (κ1) is 25.6. The molecular formula is C27H22F3NO6. The molecule has 4 rings (SSSR count). The van der Waals surface area contributed by atoms with Gasteiger partial charge in [-0.2, -0.15) is 13.2 Å². The average molecular weight is 513 g/mol. The first-order chi connectivity index (χ1) is 17.5. The topological polar surface area (TPSA) is 87.0 Å². The molecule has 0 bridgehead atoms. The maximum atomic E-state index is 12.9. The number of hydrogen-bond acceptors (Lipinski definition) is 5. The Bertz CT molecular complexity index is 1460. The van der Waals surface area contributed by atoms with Gasteiger partial charge in [-0.3, -0.25) is 0 Å². The fraction of sp³-hybridized carbons (Fsp3) is 0.185. The van der Waals surface area contributed by atoms with E-state index in [1.807, 2.05) is 13.8 Å². The summed E-state index contributed by atoms with van der Waals surface area (Å²) in [6.45, 7) is 3.76. The summed E-state index contributed by atoms with van der Waals surface area (Å²) in [7, 11) is 1.14. The number of carbonyl (C=O) groups is 2. The molecule has 0 saturated heterocycles. The first-order valence-corrected chi connectivity index (χ1v) is 11.1. The van der Waals surface area contributed by atoms with Crippen LogP contribution >= 0.6 is 0 Å². The standard InChI is InChI=1S/C27H22F3NO6/c1-15(2)36-18-10-6-17(7-11-18)31-22-13-12-20(37-19-8-4-16(5-9-19)27(28,29)30)14-21(22)23(26(34)35-3)24(31)25(32)33/h4-15H,1-3H3,(H,32,33). The predicted octanol–water partition coefficient (Wildman–Crippen LogP) is 6.71. The van der Waals surface area contributed by atoms with Crippen LogP contribution in [0.2, 0.25) is 0 Å². The zero-order chi connectivity index (χ0) is 26.9. The van der Waals surface area contributed by atoms with Crippen molar-refractivity contribution < 1.29 is 42.1 Å². The number of carbonyl (C=O) groups excluding carboxylic acids is 1. The van der Waals surface area contributed by atoms with E-state index in [2.05, 4.69) is 0 Å². The van der Waals surface area contributed by atoms with E-state index < -0.39 is 23.7 Å². The van der Waals surface area contributed by atoms with E-state index in [4.69, 9.17) is 14.2 Å². The highest BCUT2D eigenvalue weighted by molar-refractivity contribution is 6.13. The summed E-state index contributed by atoms with van der Waals surface area (Å²) in [5, 5.41) is 10.3. The van der Waals surface area contributed by atoms with Crippen LogP contribution in [0.15, 0.2) is 66.7 Å². The molecule has 0 aliphatic rings. The van der Waals surface area contributed by atoms with Gasteiger partial charge in [0.1, 0.15) is 28.5 Å². The summed E-state index contributed by atoms with van der Waals surface area (Å²) >= 11 is 0. The fourth-order valence-corrected chi connectivity index (χ4v) is 3.91. The van der Waals surface area contributed by atoms with Crippen molar-refractivity contribution in [3.05, 3.63) is 83.6 Å². The molecule has 1 N–H and O–H groups in total. The van der Waals surface area contributed by atoms with E-state index in [0.29, 0.717) is 17.0 Å². The maximum absolute atomic E-state index is 12.9. The Morgan fingerprint density at radius 3 is 2.03 bits per heavy atom. The number of benzene rings is 3. The molecule has 0 fully saturated rings. The van der Waals surface area contributed by atoms with Gasteiger partial charge in [-0.25, -0.2) is 9.59 Å². The second-order valence-corrected chi connectivity index (χ2v) is 8.32. The number of rotatable bonds is 7. The normalized spacial score (nSPS) is 11.5. The minimum atomic E-state index is -4.48. The lowest BCUT2D eigenvalue weighted by molar-refractivity contribution is -0.137. The molecule has 0 atom stereocenters. The zero-order valence-corrected chi connectivity index (χ0v) is 20.0. The molecule has 4 aromatic rings. The van der Waals surface area contributed by atoms with Crippen LogP contribution in [0.4, 0.5) is 13.2 Å². The van der Waals surface area contributed by atoms with Crippen LogP contribution < -0.4 is 9.47 Å². The van der Waals surface area contributed by atoms with Crippen molar-refractivity contribution in [2.45, 2.75) is 26.1 Å². The molecule has 37 heavy (non-hydrogen) atoms. The first-order valence-electron chi connectivity index (χ1n) is 11.1.